The summed E-state index contributed by atoms with van der Waals surface area (Å²) in [4.78, 5) is 71.0. The fraction of sp³-hybridized carbons (Fsp3) is 0.893. The van der Waals surface area contributed by atoms with Gasteiger partial charge in [0.25, 0.3) is 10.1 Å². The topological polar surface area (TPSA) is 201 Å². The molecule has 6 atom stereocenters. The molecule has 0 aromatic heterocycles. The Hall–Kier alpha value is -3.27. The van der Waals surface area contributed by atoms with Gasteiger partial charge in [0, 0.05) is 18.3 Å². The zero-order chi connectivity index (χ0) is 54.0. The average Bonchev–Trinajstić information content (AvgIpc) is 4.14. The fourth-order valence-electron chi connectivity index (χ4n) is 12.0. The maximum Gasteiger partial charge on any atom is 0.347 e. The molecule has 2 heterocycles. The molecule has 9 aliphatic rings. The number of ether oxygens (including phenoxy) is 6. The molecule has 2 aliphatic heterocycles. The van der Waals surface area contributed by atoms with E-state index in [0.29, 0.717) is 56.5 Å². The summed E-state index contributed by atoms with van der Waals surface area (Å²) in [7, 11) is -3.53. The lowest BCUT2D eigenvalue weighted by Gasteiger charge is -2.62. The molecule has 6 bridgehead atoms. The summed E-state index contributed by atoms with van der Waals surface area (Å²) in [6.45, 7) is 29.4. The van der Waals surface area contributed by atoms with Crippen LogP contribution >= 0.6 is 0 Å². The van der Waals surface area contributed by atoms with Gasteiger partial charge in [0.2, 0.25) is 6.10 Å². The molecule has 0 aromatic carbocycles. The first-order valence-corrected chi connectivity index (χ1v) is 28.9. The highest BCUT2D eigenvalue weighted by Gasteiger charge is 2.66. The molecule has 0 spiro atoms. The molecule has 6 unspecified atom stereocenters. The summed E-state index contributed by atoms with van der Waals surface area (Å²) in [6, 6.07) is 0. The van der Waals surface area contributed by atoms with Crippen LogP contribution in [-0.4, -0.2) is 92.2 Å². The zero-order valence-electron chi connectivity index (χ0n) is 46.6. The molecule has 9 rings (SSSR count). The Kier molecular flexibility index (Phi) is 19.0. The van der Waals surface area contributed by atoms with Crippen molar-refractivity contribution < 1.29 is 69.8 Å². The molecule has 7 aliphatic carbocycles. The van der Waals surface area contributed by atoms with Crippen LogP contribution in [-0.2, 0) is 71.5 Å². The second-order valence-electron chi connectivity index (χ2n) is 25.6. The summed E-state index contributed by atoms with van der Waals surface area (Å²) in [5.74, 6) is 1.55. The van der Waals surface area contributed by atoms with Gasteiger partial charge in [-0.3, -0.25) is 23.4 Å². The molecule has 0 aromatic rings. The molecule has 15 nitrogen and oxygen atoms in total. The highest BCUT2D eigenvalue weighted by atomic mass is 32.2. The number of hydrogen-bond donors (Lipinski definition) is 0. The van der Waals surface area contributed by atoms with E-state index in [2.05, 4.69) is 27.7 Å². The third-order valence-electron chi connectivity index (χ3n) is 18.5. The predicted octanol–water partition coefficient (Wildman–Crippen LogP) is 10.4. The molecular weight excluding hydrogens is 945 g/mol. The predicted molar refractivity (Wildman–Crippen MR) is 270 cm³/mol. The Balaban J connectivity index is 0.000000183. The van der Waals surface area contributed by atoms with E-state index in [4.69, 9.17) is 32.6 Å². The lowest BCUT2D eigenvalue weighted by molar-refractivity contribution is -0.231. The Labute approximate surface area is 431 Å². The van der Waals surface area contributed by atoms with Crippen LogP contribution in [0.5, 0.6) is 0 Å². The summed E-state index contributed by atoms with van der Waals surface area (Å²) in [5, 5.41) is -0.448. The molecule has 72 heavy (non-hydrogen) atoms. The third kappa shape index (κ3) is 13.2. The van der Waals surface area contributed by atoms with Gasteiger partial charge in [0.1, 0.15) is 23.4 Å². The normalized spacial score (nSPS) is 32.2. The first kappa shape index (κ1) is 59.6. The molecule has 0 N–H and O–H groups in total. The molecule has 0 radical (unpaired) electrons. The van der Waals surface area contributed by atoms with Crippen LogP contribution in [0.4, 0.5) is 0 Å². The maximum absolute atomic E-state index is 12.8. The number of esters is 6. The van der Waals surface area contributed by atoms with Crippen LogP contribution in [0.15, 0.2) is 0 Å². The summed E-state index contributed by atoms with van der Waals surface area (Å²) in [6.07, 6.45) is 13.9. The molecular formula is C56H92O15S. The highest BCUT2D eigenvalue weighted by Crippen LogP contribution is 2.62. The number of carbonyl (C=O) groups is 6. The summed E-state index contributed by atoms with van der Waals surface area (Å²) >= 11 is 0. The van der Waals surface area contributed by atoms with Crippen LogP contribution in [0.2, 0.25) is 0 Å². The molecule has 7 saturated carbocycles. The molecule has 412 valence electrons. The standard InChI is InChI=1S/C19H32O2.C15H22O7S.C12H22O2.C10H16O4/c1-6-18(4,5)17(20)21-19(12(2)3)15-8-13-7-14(10-15)11-16(19)9-13;1-4-15(2,3)14(17)20-7-11(16)21-12-8-5-9-10(6-8)23(18,19)22-13(9)12;1-5-11(2,3)10(13)14-12(4)8-6-7-9-12;1-4-10(2,3)9(12)14-7-5-6-13-8(7)11/h12-16H,6-11H2,1-5H3;8-10,12-13H,4-7H2,1-3H3;5-9H2,1-4H3;7H,4-6H2,1-3H3. The van der Waals surface area contributed by atoms with E-state index in [0.717, 1.165) is 37.5 Å². The minimum Gasteiger partial charge on any atom is -0.463 e. The molecule has 2 saturated heterocycles. The zero-order valence-corrected chi connectivity index (χ0v) is 47.4. The Morgan fingerprint density at radius 1 is 0.667 bits per heavy atom. The van der Waals surface area contributed by atoms with Crippen molar-refractivity contribution in [1.82, 2.24) is 0 Å². The van der Waals surface area contributed by atoms with E-state index in [1.165, 1.54) is 44.9 Å². The van der Waals surface area contributed by atoms with Crippen molar-refractivity contribution in [1.29, 1.82) is 0 Å². The first-order valence-electron chi connectivity index (χ1n) is 27.4. The van der Waals surface area contributed by atoms with Gasteiger partial charge in [0.05, 0.1) is 33.5 Å². The minimum absolute atomic E-state index is 0.0130. The SMILES string of the molecule is CCC(C)(C)C(=O)OC1(C(C)C)C2CC3CC(C2)CC1C3.CCC(C)(C)C(=O)OC1(C)CCCC1.CCC(C)(C)C(=O)OC1CCOC1=O.CCC(C)(C)C(=O)OCC(=O)OC1C2CC3C1OS(=O)(=O)C3C2. The average molecular weight is 1040 g/mol. The van der Waals surface area contributed by atoms with Gasteiger partial charge in [-0.2, -0.15) is 8.42 Å². The van der Waals surface area contributed by atoms with E-state index < -0.39 is 69.0 Å². The molecule has 16 heteroatoms. The summed E-state index contributed by atoms with van der Waals surface area (Å²) in [5.41, 5.74) is -2.20. The molecule has 9 fully saturated rings. The van der Waals surface area contributed by atoms with Crippen LogP contribution in [0.25, 0.3) is 0 Å². The fourth-order valence-corrected chi connectivity index (χ4v) is 13.9. The summed E-state index contributed by atoms with van der Waals surface area (Å²) < 4.78 is 60.9. The minimum atomic E-state index is -3.53. The van der Waals surface area contributed by atoms with Crippen molar-refractivity contribution in [2.45, 2.75) is 241 Å². The Morgan fingerprint density at radius 3 is 1.62 bits per heavy atom. The van der Waals surface area contributed by atoms with Crippen LogP contribution in [0.3, 0.4) is 0 Å². The second kappa shape index (κ2) is 22.9. The lowest BCUT2D eigenvalue weighted by Crippen LogP contribution is -2.63. The van der Waals surface area contributed by atoms with Crippen LogP contribution in [0, 0.1) is 63.1 Å². The number of fused-ring (bicyclic) bond motifs is 1. The maximum atomic E-state index is 12.8. The smallest absolute Gasteiger partial charge is 0.347 e. The largest absolute Gasteiger partial charge is 0.463 e. The van der Waals surface area contributed by atoms with Gasteiger partial charge in [-0.05, 0) is 188 Å². The highest BCUT2D eigenvalue weighted by molar-refractivity contribution is 7.87. The van der Waals surface area contributed by atoms with Crippen LogP contribution < -0.4 is 0 Å². The van der Waals surface area contributed by atoms with E-state index in [1.54, 1.807) is 27.7 Å². The Morgan fingerprint density at radius 2 is 1.15 bits per heavy atom. The first-order chi connectivity index (χ1) is 33.3. The van der Waals surface area contributed by atoms with Gasteiger partial charge in [0.15, 0.2) is 6.61 Å². The van der Waals surface area contributed by atoms with Crippen molar-refractivity contribution in [2.24, 2.45) is 63.1 Å². The quantitative estimate of drug-likeness (QED) is 0.0851. The van der Waals surface area contributed by atoms with E-state index in [-0.39, 0.29) is 51.8 Å². The van der Waals surface area contributed by atoms with Gasteiger partial charge >= 0.3 is 35.8 Å². The third-order valence-corrected chi connectivity index (χ3v) is 20.2. The van der Waals surface area contributed by atoms with Crippen molar-refractivity contribution in [3.05, 3.63) is 0 Å². The Bertz CT molecular complexity index is 2030. The van der Waals surface area contributed by atoms with Crippen molar-refractivity contribution >= 4 is 45.9 Å². The van der Waals surface area contributed by atoms with Gasteiger partial charge < -0.3 is 28.4 Å². The van der Waals surface area contributed by atoms with Crippen molar-refractivity contribution in [2.75, 3.05) is 13.2 Å². The number of carbonyl (C=O) groups excluding carboxylic acids is 6. The van der Waals surface area contributed by atoms with Crippen molar-refractivity contribution in [3.63, 3.8) is 0 Å². The number of hydrogen-bond acceptors (Lipinski definition) is 15. The van der Waals surface area contributed by atoms with Crippen LogP contribution in [0.1, 0.15) is 207 Å². The monoisotopic (exact) mass is 1040 g/mol. The number of rotatable bonds is 15. The lowest BCUT2D eigenvalue weighted by atomic mass is 9.47. The van der Waals surface area contributed by atoms with E-state index in [9.17, 15) is 37.2 Å². The van der Waals surface area contributed by atoms with Gasteiger partial charge in [-0.15, -0.1) is 0 Å². The second-order valence-corrected chi connectivity index (χ2v) is 27.4. The van der Waals surface area contributed by atoms with Gasteiger partial charge in [-0.25, -0.2) is 9.59 Å². The van der Waals surface area contributed by atoms with Crippen molar-refractivity contribution in [3.8, 4) is 0 Å². The molecule has 0 amide bonds. The number of cyclic esters (lactones) is 1. The van der Waals surface area contributed by atoms with E-state index >= 15 is 0 Å². The van der Waals surface area contributed by atoms with Gasteiger partial charge in [-0.1, -0.05) is 41.5 Å². The van der Waals surface area contributed by atoms with E-state index in [1.807, 2.05) is 48.5 Å².